The first kappa shape index (κ1) is 12.6. The summed E-state index contributed by atoms with van der Waals surface area (Å²) in [4.78, 5) is 0.437. The van der Waals surface area contributed by atoms with Gasteiger partial charge in [-0.2, -0.15) is 4.31 Å². The molecule has 1 aromatic carbocycles. The van der Waals surface area contributed by atoms with E-state index in [4.69, 9.17) is 0 Å². The van der Waals surface area contributed by atoms with Gasteiger partial charge in [-0.25, -0.2) is 8.42 Å². The van der Waals surface area contributed by atoms with Crippen LogP contribution in [-0.4, -0.2) is 24.8 Å². The molecule has 0 radical (unpaired) electrons. The normalized spacial score (nSPS) is 32.5. The third-order valence-electron chi connectivity index (χ3n) is 4.94. The Morgan fingerprint density at radius 2 is 1.45 bits per heavy atom. The molecule has 20 heavy (non-hydrogen) atoms. The van der Waals surface area contributed by atoms with Crippen molar-refractivity contribution < 1.29 is 8.42 Å². The Balaban J connectivity index is 1.60. The molecule has 0 bridgehead atoms. The molecule has 4 heteroatoms. The van der Waals surface area contributed by atoms with Crippen LogP contribution in [0.4, 0.5) is 0 Å². The number of hydrogen-bond acceptors (Lipinski definition) is 2. The Morgan fingerprint density at radius 1 is 0.900 bits per heavy atom. The van der Waals surface area contributed by atoms with Crippen LogP contribution >= 0.6 is 0 Å². The topological polar surface area (TPSA) is 37.1 Å². The first-order valence-corrected chi connectivity index (χ1v) is 8.90. The van der Waals surface area contributed by atoms with Gasteiger partial charge in [0, 0.05) is 12.1 Å². The first-order chi connectivity index (χ1) is 9.68. The second-order valence-corrected chi connectivity index (χ2v) is 7.95. The van der Waals surface area contributed by atoms with E-state index in [0.717, 1.165) is 12.8 Å². The monoisotopic (exact) mass is 289 g/mol. The van der Waals surface area contributed by atoms with Gasteiger partial charge in [-0.1, -0.05) is 29.3 Å². The van der Waals surface area contributed by atoms with Gasteiger partial charge < -0.3 is 0 Å². The van der Waals surface area contributed by atoms with Crippen molar-refractivity contribution in [3.05, 3.63) is 41.5 Å². The highest BCUT2D eigenvalue weighted by Gasteiger charge is 2.57. The highest BCUT2D eigenvalue weighted by molar-refractivity contribution is 7.89. The molecule has 1 heterocycles. The second kappa shape index (κ2) is 4.43. The van der Waals surface area contributed by atoms with Crippen LogP contribution in [0, 0.1) is 0 Å². The first-order valence-electron chi connectivity index (χ1n) is 7.46. The Bertz CT molecular complexity index is 639. The van der Waals surface area contributed by atoms with Crippen LogP contribution in [0.2, 0.25) is 0 Å². The van der Waals surface area contributed by atoms with Crippen molar-refractivity contribution in [2.45, 2.75) is 55.5 Å². The predicted molar refractivity (Wildman–Crippen MR) is 77.8 cm³/mol. The van der Waals surface area contributed by atoms with Crippen molar-refractivity contribution in [3.8, 4) is 0 Å². The summed E-state index contributed by atoms with van der Waals surface area (Å²) in [6.07, 6.45) is 6.90. The van der Waals surface area contributed by atoms with E-state index in [1.165, 1.54) is 25.7 Å². The lowest BCUT2D eigenvalue weighted by Gasteiger charge is -2.22. The lowest BCUT2D eigenvalue weighted by atomic mass is 9.82. The quantitative estimate of drug-likeness (QED) is 0.620. The van der Waals surface area contributed by atoms with Crippen LogP contribution in [0.1, 0.15) is 38.5 Å². The molecule has 1 aromatic rings. The summed E-state index contributed by atoms with van der Waals surface area (Å²) in [6, 6.07) is 9.32. The van der Waals surface area contributed by atoms with E-state index in [9.17, 15) is 8.42 Å². The molecule has 1 fully saturated rings. The Hall–Kier alpha value is -1.13. The minimum absolute atomic E-state index is 0.233. The zero-order valence-corrected chi connectivity index (χ0v) is 12.3. The molecule has 106 valence electrons. The Labute approximate surface area is 120 Å². The lowest BCUT2D eigenvalue weighted by molar-refractivity contribution is 0.545. The maximum Gasteiger partial charge on any atom is 0.243 e. The zero-order valence-electron chi connectivity index (χ0n) is 11.5. The standard InChI is InChI=1S/C16H19NO2S/c18-20(19,14-8-2-1-3-9-14)17-15-10-12-6-4-5-7-13(12)11-16(15)17/h1-3,8-9,15-16H,4-7,10-11H2/t15-,16-/m0/s1. The summed E-state index contributed by atoms with van der Waals surface area (Å²) in [5.41, 5.74) is 3.12. The molecular formula is C16H19NO2S. The summed E-state index contributed by atoms with van der Waals surface area (Å²) < 4.78 is 27.1. The van der Waals surface area contributed by atoms with Crippen molar-refractivity contribution in [1.82, 2.24) is 4.31 Å². The molecule has 2 aliphatic carbocycles. The largest absolute Gasteiger partial charge is 0.243 e. The van der Waals surface area contributed by atoms with Gasteiger partial charge in [-0.3, -0.25) is 0 Å². The Morgan fingerprint density at radius 3 is 2.00 bits per heavy atom. The summed E-state index contributed by atoms with van der Waals surface area (Å²) in [5.74, 6) is 0. The highest BCUT2D eigenvalue weighted by Crippen LogP contribution is 2.49. The smallest absolute Gasteiger partial charge is 0.207 e. The van der Waals surface area contributed by atoms with Crippen LogP contribution in [0.5, 0.6) is 0 Å². The molecule has 4 rings (SSSR count). The van der Waals surface area contributed by atoms with Gasteiger partial charge in [0.15, 0.2) is 0 Å². The van der Waals surface area contributed by atoms with Crippen LogP contribution in [0.25, 0.3) is 0 Å². The Kier molecular flexibility index (Phi) is 2.79. The summed E-state index contributed by atoms with van der Waals surface area (Å²) >= 11 is 0. The third kappa shape index (κ3) is 1.85. The predicted octanol–water partition coefficient (Wildman–Crippen LogP) is 3.09. The van der Waals surface area contributed by atoms with E-state index < -0.39 is 10.0 Å². The fourth-order valence-electron chi connectivity index (χ4n) is 3.86. The number of sulfonamides is 1. The SMILES string of the molecule is O=S(=O)(c1ccccc1)N1[C@H]2CC3=C(CCCC3)C[C@@H]21. The minimum Gasteiger partial charge on any atom is -0.207 e. The van der Waals surface area contributed by atoms with Crippen molar-refractivity contribution in [3.63, 3.8) is 0 Å². The fraction of sp³-hybridized carbons (Fsp3) is 0.500. The molecule has 0 spiro atoms. The van der Waals surface area contributed by atoms with Crippen molar-refractivity contribution in [2.75, 3.05) is 0 Å². The van der Waals surface area contributed by atoms with Gasteiger partial charge in [0.2, 0.25) is 10.0 Å². The van der Waals surface area contributed by atoms with Gasteiger partial charge >= 0.3 is 0 Å². The summed E-state index contributed by atoms with van der Waals surface area (Å²) in [5, 5.41) is 0. The van der Waals surface area contributed by atoms with E-state index in [2.05, 4.69) is 0 Å². The maximum atomic E-state index is 12.7. The highest BCUT2D eigenvalue weighted by atomic mass is 32.2. The number of fused-ring (bicyclic) bond motifs is 1. The number of rotatable bonds is 2. The van der Waals surface area contributed by atoms with E-state index in [-0.39, 0.29) is 12.1 Å². The van der Waals surface area contributed by atoms with Gasteiger partial charge in [-0.15, -0.1) is 0 Å². The molecule has 3 aliphatic rings. The lowest BCUT2D eigenvalue weighted by Crippen LogP contribution is -2.15. The molecular weight excluding hydrogens is 270 g/mol. The van der Waals surface area contributed by atoms with E-state index >= 15 is 0 Å². The van der Waals surface area contributed by atoms with Crippen LogP contribution in [-0.2, 0) is 10.0 Å². The molecule has 0 N–H and O–H groups in total. The summed E-state index contributed by atoms with van der Waals surface area (Å²) in [7, 11) is -3.28. The van der Waals surface area contributed by atoms with Gasteiger partial charge in [-0.05, 0) is 50.7 Å². The zero-order chi connectivity index (χ0) is 13.7. The van der Waals surface area contributed by atoms with Crippen LogP contribution in [0.3, 0.4) is 0 Å². The molecule has 1 saturated heterocycles. The summed E-state index contributed by atoms with van der Waals surface area (Å²) in [6.45, 7) is 0. The molecule has 2 atom stereocenters. The average Bonchev–Trinajstić information content (AvgIpc) is 3.19. The second-order valence-electron chi connectivity index (χ2n) is 6.11. The average molecular weight is 289 g/mol. The van der Waals surface area contributed by atoms with Crippen LogP contribution in [0.15, 0.2) is 46.4 Å². The molecule has 3 nitrogen and oxygen atoms in total. The molecule has 1 aliphatic heterocycles. The van der Waals surface area contributed by atoms with Gasteiger partial charge in [0.25, 0.3) is 0 Å². The fourth-order valence-corrected chi connectivity index (χ4v) is 5.69. The minimum atomic E-state index is -3.28. The van der Waals surface area contributed by atoms with Crippen molar-refractivity contribution in [1.29, 1.82) is 0 Å². The van der Waals surface area contributed by atoms with Gasteiger partial charge in [0.1, 0.15) is 0 Å². The van der Waals surface area contributed by atoms with E-state index in [1.54, 1.807) is 39.7 Å². The van der Waals surface area contributed by atoms with E-state index in [0.29, 0.717) is 4.90 Å². The molecule has 0 aromatic heterocycles. The van der Waals surface area contributed by atoms with Crippen molar-refractivity contribution >= 4 is 10.0 Å². The molecule has 0 unspecified atom stereocenters. The van der Waals surface area contributed by atoms with Crippen LogP contribution < -0.4 is 0 Å². The molecule has 0 saturated carbocycles. The third-order valence-corrected chi connectivity index (χ3v) is 6.91. The number of nitrogens with zero attached hydrogens (tertiary/aromatic N) is 1. The number of benzene rings is 1. The van der Waals surface area contributed by atoms with Crippen molar-refractivity contribution in [2.24, 2.45) is 0 Å². The maximum absolute atomic E-state index is 12.7. The van der Waals surface area contributed by atoms with E-state index in [1.807, 2.05) is 6.07 Å². The number of hydrogen-bond donors (Lipinski definition) is 0. The van der Waals surface area contributed by atoms with Gasteiger partial charge in [0.05, 0.1) is 4.90 Å². The molecule has 0 amide bonds.